The average molecular weight is 193 g/mol. The second-order valence-electron chi connectivity index (χ2n) is 4.91. The monoisotopic (exact) mass is 193 g/mol. The molecule has 0 radical (unpaired) electrons. The number of hydrogen-bond acceptors (Lipinski definition) is 1. The second kappa shape index (κ2) is 2.72. The maximum absolute atomic E-state index is 13.7. The van der Waals surface area contributed by atoms with Crippen molar-refractivity contribution in [2.75, 3.05) is 5.73 Å². The molecule has 0 amide bonds. The molecule has 0 aliphatic heterocycles. The Morgan fingerprint density at radius 1 is 1.43 bits per heavy atom. The van der Waals surface area contributed by atoms with E-state index in [4.69, 9.17) is 5.73 Å². The van der Waals surface area contributed by atoms with Crippen LogP contribution in [0.1, 0.15) is 44.2 Å². The molecule has 1 aliphatic rings. The molecule has 1 unspecified atom stereocenters. The van der Waals surface area contributed by atoms with Crippen molar-refractivity contribution >= 4 is 5.69 Å². The van der Waals surface area contributed by atoms with Gasteiger partial charge in [-0.05, 0) is 41.0 Å². The highest BCUT2D eigenvalue weighted by Gasteiger charge is 2.38. The number of halogens is 1. The molecule has 1 aromatic carbocycles. The molecule has 0 heterocycles. The molecule has 1 aliphatic carbocycles. The number of nitrogen functional groups attached to an aromatic ring is 1. The molecular formula is C12H16FN. The molecule has 1 nitrogen and oxygen atoms in total. The number of anilines is 1. The van der Waals surface area contributed by atoms with E-state index in [2.05, 4.69) is 20.8 Å². The Hall–Kier alpha value is -1.05. The Morgan fingerprint density at radius 3 is 2.64 bits per heavy atom. The zero-order chi connectivity index (χ0) is 10.5. The van der Waals surface area contributed by atoms with Gasteiger partial charge in [0.15, 0.2) is 0 Å². The van der Waals surface area contributed by atoms with Crippen LogP contribution in [0, 0.1) is 5.82 Å². The highest BCUT2D eigenvalue weighted by atomic mass is 19.1. The first-order valence-corrected chi connectivity index (χ1v) is 5.02. The summed E-state index contributed by atoms with van der Waals surface area (Å²) in [5, 5.41) is 0. The molecule has 0 saturated carbocycles. The summed E-state index contributed by atoms with van der Waals surface area (Å²) in [7, 11) is 0. The molecule has 0 saturated heterocycles. The fraction of sp³-hybridized carbons (Fsp3) is 0.500. The predicted octanol–water partition coefficient (Wildman–Crippen LogP) is 3.19. The van der Waals surface area contributed by atoms with Crippen molar-refractivity contribution in [3.63, 3.8) is 0 Å². The first-order valence-electron chi connectivity index (χ1n) is 5.02. The number of fused-ring (bicyclic) bond motifs is 1. The van der Waals surface area contributed by atoms with Crippen molar-refractivity contribution in [3.8, 4) is 0 Å². The minimum Gasteiger partial charge on any atom is -0.398 e. The van der Waals surface area contributed by atoms with Crippen LogP contribution in [0.4, 0.5) is 10.1 Å². The molecule has 76 valence electrons. The van der Waals surface area contributed by atoms with Crippen molar-refractivity contribution < 1.29 is 4.39 Å². The summed E-state index contributed by atoms with van der Waals surface area (Å²) in [4.78, 5) is 0. The molecule has 1 aromatic rings. The summed E-state index contributed by atoms with van der Waals surface area (Å²) in [6.07, 6.45) is 0.980. The lowest BCUT2D eigenvalue weighted by atomic mass is 9.86. The van der Waals surface area contributed by atoms with Gasteiger partial charge in [0.1, 0.15) is 5.82 Å². The van der Waals surface area contributed by atoms with Gasteiger partial charge in [-0.2, -0.15) is 0 Å². The maximum atomic E-state index is 13.7. The van der Waals surface area contributed by atoms with Crippen molar-refractivity contribution in [3.05, 3.63) is 29.1 Å². The van der Waals surface area contributed by atoms with Crippen LogP contribution in [0.25, 0.3) is 0 Å². The summed E-state index contributed by atoms with van der Waals surface area (Å²) >= 11 is 0. The van der Waals surface area contributed by atoms with Gasteiger partial charge in [-0.3, -0.25) is 0 Å². The lowest BCUT2D eigenvalue weighted by molar-refractivity contribution is 0.467. The summed E-state index contributed by atoms with van der Waals surface area (Å²) in [6, 6.07) is 3.15. The highest BCUT2D eigenvalue weighted by molar-refractivity contribution is 5.58. The predicted molar refractivity (Wildman–Crippen MR) is 56.9 cm³/mol. The van der Waals surface area contributed by atoms with Crippen LogP contribution in [0.15, 0.2) is 12.1 Å². The molecule has 2 rings (SSSR count). The van der Waals surface area contributed by atoms with Gasteiger partial charge < -0.3 is 5.73 Å². The van der Waals surface area contributed by atoms with E-state index in [1.54, 1.807) is 6.07 Å². The van der Waals surface area contributed by atoms with Crippen molar-refractivity contribution in [1.82, 2.24) is 0 Å². The van der Waals surface area contributed by atoms with Crippen LogP contribution in [0.3, 0.4) is 0 Å². The third-order valence-corrected chi connectivity index (χ3v) is 3.21. The van der Waals surface area contributed by atoms with E-state index < -0.39 is 0 Å². The van der Waals surface area contributed by atoms with E-state index in [1.165, 1.54) is 6.07 Å². The first-order chi connectivity index (χ1) is 6.43. The largest absolute Gasteiger partial charge is 0.398 e. The number of nitrogens with two attached hydrogens (primary N) is 1. The third kappa shape index (κ3) is 1.13. The zero-order valence-electron chi connectivity index (χ0n) is 8.89. The van der Waals surface area contributed by atoms with Gasteiger partial charge in [0.05, 0.1) is 0 Å². The summed E-state index contributed by atoms with van der Waals surface area (Å²) in [6.45, 7) is 6.28. The maximum Gasteiger partial charge on any atom is 0.127 e. The summed E-state index contributed by atoms with van der Waals surface area (Å²) in [5.74, 6) is 0.263. The fourth-order valence-electron chi connectivity index (χ4n) is 2.80. The van der Waals surface area contributed by atoms with E-state index in [9.17, 15) is 4.39 Å². The topological polar surface area (TPSA) is 26.0 Å². The normalized spacial score (nSPS) is 23.6. The SMILES string of the molecule is CC1CC(C)(C)c2c(F)ccc(N)c21. The summed E-state index contributed by atoms with van der Waals surface area (Å²) < 4.78 is 13.7. The van der Waals surface area contributed by atoms with Crippen LogP contribution in [-0.2, 0) is 5.41 Å². The van der Waals surface area contributed by atoms with Gasteiger partial charge >= 0.3 is 0 Å². The number of rotatable bonds is 0. The van der Waals surface area contributed by atoms with Gasteiger partial charge in [-0.15, -0.1) is 0 Å². The fourth-order valence-corrected chi connectivity index (χ4v) is 2.80. The van der Waals surface area contributed by atoms with Gasteiger partial charge in [-0.1, -0.05) is 20.8 Å². The molecule has 2 heteroatoms. The van der Waals surface area contributed by atoms with Crippen LogP contribution in [-0.4, -0.2) is 0 Å². The molecule has 1 atom stereocenters. The molecule has 2 N–H and O–H groups in total. The molecule has 14 heavy (non-hydrogen) atoms. The number of benzene rings is 1. The van der Waals surface area contributed by atoms with E-state index in [0.29, 0.717) is 5.92 Å². The summed E-state index contributed by atoms with van der Waals surface area (Å²) in [5.41, 5.74) is 8.39. The smallest absolute Gasteiger partial charge is 0.127 e. The molecule has 0 aromatic heterocycles. The third-order valence-electron chi connectivity index (χ3n) is 3.21. The molecule has 0 bridgehead atoms. The van der Waals surface area contributed by atoms with Gasteiger partial charge in [0, 0.05) is 5.69 Å². The van der Waals surface area contributed by atoms with Crippen molar-refractivity contribution in [1.29, 1.82) is 0 Å². The minimum absolute atomic E-state index is 0.0752. The average Bonchev–Trinajstić information content (AvgIpc) is 2.30. The minimum atomic E-state index is -0.108. The van der Waals surface area contributed by atoms with Gasteiger partial charge in [0.25, 0.3) is 0 Å². The quantitative estimate of drug-likeness (QED) is 0.629. The zero-order valence-corrected chi connectivity index (χ0v) is 8.89. The lowest BCUT2D eigenvalue weighted by Crippen LogP contribution is -2.14. The Morgan fingerprint density at radius 2 is 2.07 bits per heavy atom. The second-order valence-corrected chi connectivity index (χ2v) is 4.91. The lowest BCUT2D eigenvalue weighted by Gasteiger charge is -2.19. The standard InChI is InChI=1S/C12H16FN/c1-7-6-12(2,3)11-8(13)4-5-9(14)10(7)11/h4-5,7H,6,14H2,1-3H3. The van der Waals surface area contributed by atoms with Crippen LogP contribution in [0.5, 0.6) is 0 Å². The van der Waals surface area contributed by atoms with E-state index in [1.807, 2.05) is 0 Å². The molecule has 0 fully saturated rings. The number of hydrogen-bond donors (Lipinski definition) is 1. The van der Waals surface area contributed by atoms with Crippen LogP contribution >= 0.6 is 0 Å². The van der Waals surface area contributed by atoms with Gasteiger partial charge in [-0.25, -0.2) is 4.39 Å². The molecule has 0 spiro atoms. The Bertz CT molecular complexity index is 382. The first kappa shape index (κ1) is 9.50. The Balaban J connectivity index is 2.73. The van der Waals surface area contributed by atoms with E-state index in [0.717, 1.165) is 23.2 Å². The van der Waals surface area contributed by atoms with Crippen LogP contribution in [0.2, 0.25) is 0 Å². The van der Waals surface area contributed by atoms with Gasteiger partial charge in [0.2, 0.25) is 0 Å². The van der Waals surface area contributed by atoms with E-state index >= 15 is 0 Å². The highest BCUT2D eigenvalue weighted by Crippen LogP contribution is 2.48. The van der Waals surface area contributed by atoms with Crippen molar-refractivity contribution in [2.24, 2.45) is 0 Å². The Kier molecular flexibility index (Phi) is 1.85. The van der Waals surface area contributed by atoms with E-state index in [-0.39, 0.29) is 11.2 Å². The molecular weight excluding hydrogens is 177 g/mol. The Labute approximate surface area is 84.1 Å². The van der Waals surface area contributed by atoms with Crippen molar-refractivity contribution in [2.45, 2.75) is 38.5 Å². The van der Waals surface area contributed by atoms with Crippen LogP contribution < -0.4 is 5.73 Å².